The normalized spacial score (nSPS) is 34.8. The molecule has 1 aromatic heterocycles. The third-order valence-electron chi connectivity index (χ3n) is 2.92. The molecule has 3 heteroatoms. The van der Waals surface area contributed by atoms with Crippen LogP contribution in [0.1, 0.15) is 31.2 Å². The maximum absolute atomic E-state index is 10.3. The van der Waals surface area contributed by atoms with Crippen LogP contribution in [0.3, 0.4) is 0 Å². The van der Waals surface area contributed by atoms with Gasteiger partial charge in [0.25, 0.3) is 0 Å². The van der Waals surface area contributed by atoms with Gasteiger partial charge in [-0.2, -0.15) is 11.3 Å². The van der Waals surface area contributed by atoms with Crippen molar-refractivity contribution in [3.8, 4) is 0 Å². The molecule has 0 spiro atoms. The summed E-state index contributed by atoms with van der Waals surface area (Å²) in [6.07, 6.45) is 3.49. The van der Waals surface area contributed by atoms with Gasteiger partial charge in [-0.25, -0.2) is 0 Å². The first-order valence-electron chi connectivity index (χ1n) is 4.71. The minimum Gasteiger partial charge on any atom is -0.385 e. The Morgan fingerprint density at radius 2 is 2.15 bits per heavy atom. The standard InChI is InChI=1S/C10H15NOS/c11-9-1-4-10(12,5-2-9)8-3-6-13-7-8/h3,6-7,9,12H,1-2,4-5,11H2. The van der Waals surface area contributed by atoms with E-state index >= 15 is 0 Å². The second kappa shape index (κ2) is 3.40. The fourth-order valence-corrected chi connectivity index (χ4v) is 2.68. The van der Waals surface area contributed by atoms with Crippen LogP contribution in [-0.4, -0.2) is 11.1 Å². The minimum absolute atomic E-state index is 0.291. The van der Waals surface area contributed by atoms with Crippen molar-refractivity contribution in [2.24, 2.45) is 5.73 Å². The minimum atomic E-state index is -0.587. The number of thiophene rings is 1. The summed E-state index contributed by atoms with van der Waals surface area (Å²) < 4.78 is 0. The fourth-order valence-electron chi connectivity index (χ4n) is 1.94. The predicted octanol–water partition coefficient (Wildman–Crippen LogP) is 1.84. The van der Waals surface area contributed by atoms with Gasteiger partial charge in [0.2, 0.25) is 0 Å². The highest BCUT2D eigenvalue weighted by molar-refractivity contribution is 7.08. The van der Waals surface area contributed by atoms with Gasteiger partial charge in [-0.3, -0.25) is 0 Å². The monoisotopic (exact) mass is 197 g/mol. The fraction of sp³-hybridized carbons (Fsp3) is 0.600. The van der Waals surface area contributed by atoms with Crippen LogP contribution in [0.25, 0.3) is 0 Å². The molecule has 0 unspecified atom stereocenters. The molecule has 0 aromatic carbocycles. The van der Waals surface area contributed by atoms with Crippen molar-refractivity contribution < 1.29 is 5.11 Å². The van der Waals surface area contributed by atoms with Crippen LogP contribution in [0, 0.1) is 0 Å². The highest BCUT2D eigenvalue weighted by Gasteiger charge is 2.33. The van der Waals surface area contributed by atoms with Crippen LogP contribution >= 0.6 is 11.3 Å². The molecule has 0 bridgehead atoms. The molecule has 1 fully saturated rings. The number of rotatable bonds is 1. The molecule has 1 aliphatic carbocycles. The van der Waals surface area contributed by atoms with Crippen molar-refractivity contribution in [2.75, 3.05) is 0 Å². The molecule has 1 aliphatic rings. The smallest absolute Gasteiger partial charge is 0.0905 e. The van der Waals surface area contributed by atoms with E-state index in [1.807, 2.05) is 16.8 Å². The second-order valence-electron chi connectivity index (χ2n) is 3.88. The first-order valence-corrected chi connectivity index (χ1v) is 5.66. The van der Waals surface area contributed by atoms with Gasteiger partial charge in [-0.15, -0.1) is 0 Å². The van der Waals surface area contributed by atoms with Gasteiger partial charge >= 0.3 is 0 Å². The Kier molecular flexibility index (Phi) is 2.41. The van der Waals surface area contributed by atoms with Crippen LogP contribution in [-0.2, 0) is 5.60 Å². The van der Waals surface area contributed by atoms with Crippen molar-refractivity contribution in [2.45, 2.75) is 37.3 Å². The van der Waals surface area contributed by atoms with Crippen molar-refractivity contribution in [3.63, 3.8) is 0 Å². The Morgan fingerprint density at radius 3 is 2.69 bits per heavy atom. The van der Waals surface area contributed by atoms with Gasteiger partial charge in [0, 0.05) is 6.04 Å². The molecule has 1 saturated carbocycles. The number of hydrogen-bond donors (Lipinski definition) is 2. The Hall–Kier alpha value is -0.380. The van der Waals surface area contributed by atoms with E-state index < -0.39 is 5.60 Å². The predicted molar refractivity (Wildman–Crippen MR) is 54.7 cm³/mol. The summed E-state index contributed by atoms with van der Waals surface area (Å²) in [6, 6.07) is 2.31. The van der Waals surface area contributed by atoms with E-state index in [0.717, 1.165) is 31.2 Å². The summed E-state index contributed by atoms with van der Waals surface area (Å²) in [5.41, 5.74) is 6.29. The molecule has 0 atom stereocenters. The Morgan fingerprint density at radius 1 is 1.46 bits per heavy atom. The van der Waals surface area contributed by atoms with Crippen LogP contribution < -0.4 is 5.73 Å². The van der Waals surface area contributed by atoms with Gasteiger partial charge in [-0.1, -0.05) is 0 Å². The second-order valence-corrected chi connectivity index (χ2v) is 4.66. The van der Waals surface area contributed by atoms with Crippen molar-refractivity contribution in [3.05, 3.63) is 22.4 Å². The van der Waals surface area contributed by atoms with Gasteiger partial charge < -0.3 is 10.8 Å². The maximum Gasteiger partial charge on any atom is 0.0905 e. The first kappa shape index (κ1) is 9.19. The average molecular weight is 197 g/mol. The molecular weight excluding hydrogens is 182 g/mol. The molecule has 1 aromatic rings. The SMILES string of the molecule is NC1CCC(O)(c2ccsc2)CC1. The molecule has 1 heterocycles. The van der Waals surface area contributed by atoms with E-state index in [9.17, 15) is 5.11 Å². The molecule has 0 radical (unpaired) electrons. The zero-order chi connectivity index (χ0) is 9.31. The Balaban J connectivity index is 2.13. The Labute approximate surface area is 82.4 Å². The highest BCUT2D eigenvalue weighted by atomic mass is 32.1. The summed E-state index contributed by atoms with van der Waals surface area (Å²) in [6.45, 7) is 0. The average Bonchev–Trinajstić information content (AvgIpc) is 2.63. The lowest BCUT2D eigenvalue weighted by molar-refractivity contribution is -0.00457. The molecule has 3 N–H and O–H groups in total. The third-order valence-corrected chi connectivity index (χ3v) is 3.60. The zero-order valence-electron chi connectivity index (χ0n) is 7.57. The van der Waals surface area contributed by atoms with Gasteiger partial charge in [0.1, 0.15) is 0 Å². The maximum atomic E-state index is 10.3. The van der Waals surface area contributed by atoms with E-state index in [-0.39, 0.29) is 0 Å². The summed E-state index contributed by atoms with van der Waals surface area (Å²) in [5.74, 6) is 0. The van der Waals surface area contributed by atoms with Crippen LogP contribution in [0.2, 0.25) is 0 Å². The van der Waals surface area contributed by atoms with E-state index in [0.29, 0.717) is 6.04 Å². The quantitative estimate of drug-likeness (QED) is 0.721. The van der Waals surface area contributed by atoms with E-state index in [1.165, 1.54) is 0 Å². The van der Waals surface area contributed by atoms with E-state index in [1.54, 1.807) is 11.3 Å². The third kappa shape index (κ3) is 1.77. The summed E-state index contributed by atoms with van der Waals surface area (Å²) in [5, 5.41) is 14.4. The molecule has 0 amide bonds. The number of hydrogen-bond acceptors (Lipinski definition) is 3. The van der Waals surface area contributed by atoms with Gasteiger partial charge in [0.15, 0.2) is 0 Å². The topological polar surface area (TPSA) is 46.2 Å². The van der Waals surface area contributed by atoms with E-state index in [2.05, 4.69) is 0 Å². The van der Waals surface area contributed by atoms with Gasteiger partial charge in [-0.05, 0) is 48.1 Å². The van der Waals surface area contributed by atoms with Crippen molar-refractivity contribution in [1.82, 2.24) is 0 Å². The molecule has 0 saturated heterocycles. The molecule has 0 aliphatic heterocycles. The molecule has 72 valence electrons. The number of aliphatic hydroxyl groups is 1. The lowest BCUT2D eigenvalue weighted by atomic mass is 9.79. The van der Waals surface area contributed by atoms with E-state index in [4.69, 9.17) is 5.73 Å². The number of nitrogens with two attached hydrogens (primary N) is 1. The Bertz CT molecular complexity index is 262. The van der Waals surface area contributed by atoms with Crippen LogP contribution in [0.15, 0.2) is 16.8 Å². The summed E-state index contributed by atoms with van der Waals surface area (Å²) >= 11 is 1.64. The summed E-state index contributed by atoms with van der Waals surface area (Å²) in [7, 11) is 0. The lowest BCUT2D eigenvalue weighted by Crippen LogP contribution is -2.36. The van der Waals surface area contributed by atoms with Crippen molar-refractivity contribution in [1.29, 1.82) is 0 Å². The van der Waals surface area contributed by atoms with Crippen LogP contribution in [0.4, 0.5) is 0 Å². The van der Waals surface area contributed by atoms with Crippen molar-refractivity contribution >= 4 is 11.3 Å². The lowest BCUT2D eigenvalue weighted by Gasteiger charge is -2.34. The van der Waals surface area contributed by atoms with Crippen LogP contribution in [0.5, 0.6) is 0 Å². The molecule has 2 rings (SSSR count). The van der Waals surface area contributed by atoms with Gasteiger partial charge in [0.05, 0.1) is 5.60 Å². The highest BCUT2D eigenvalue weighted by Crippen LogP contribution is 2.37. The first-order chi connectivity index (χ1) is 6.21. The largest absolute Gasteiger partial charge is 0.385 e. The summed E-state index contributed by atoms with van der Waals surface area (Å²) in [4.78, 5) is 0. The molecular formula is C10H15NOS. The molecule has 13 heavy (non-hydrogen) atoms. The molecule has 2 nitrogen and oxygen atoms in total. The zero-order valence-corrected chi connectivity index (χ0v) is 8.39.